The van der Waals surface area contributed by atoms with Crippen molar-refractivity contribution in [3.63, 3.8) is 0 Å². The van der Waals surface area contributed by atoms with Crippen LogP contribution in [0.2, 0.25) is 0 Å². The lowest BCUT2D eigenvalue weighted by Gasteiger charge is -2.35. The van der Waals surface area contributed by atoms with Crippen LogP contribution in [0.5, 0.6) is 5.75 Å². The van der Waals surface area contributed by atoms with Crippen molar-refractivity contribution in [2.75, 3.05) is 13.2 Å². The second kappa shape index (κ2) is 6.64. The second-order valence-electron chi connectivity index (χ2n) is 5.67. The molecule has 1 aromatic heterocycles. The summed E-state index contributed by atoms with van der Waals surface area (Å²) >= 11 is 0. The number of hydrogen-bond acceptors (Lipinski definition) is 3. The third kappa shape index (κ3) is 3.13. The molecule has 3 rings (SSSR count). The fourth-order valence-corrected chi connectivity index (χ4v) is 2.97. The zero-order chi connectivity index (χ0) is 15.4. The summed E-state index contributed by atoms with van der Waals surface area (Å²) in [7, 11) is 0. The summed E-state index contributed by atoms with van der Waals surface area (Å²) in [5, 5.41) is 7.14. The minimum absolute atomic E-state index is 0.0301. The molecule has 0 spiro atoms. The Bertz CT molecular complexity index is 624. The van der Waals surface area contributed by atoms with Crippen LogP contribution in [-0.2, 0) is 4.79 Å². The van der Waals surface area contributed by atoms with Gasteiger partial charge in [0.1, 0.15) is 5.75 Å². The van der Waals surface area contributed by atoms with Gasteiger partial charge in [0, 0.05) is 6.54 Å². The zero-order valence-corrected chi connectivity index (χ0v) is 12.8. The number of nitrogens with one attached hydrogen (secondary N) is 1. The molecule has 1 amide bonds. The van der Waals surface area contributed by atoms with Crippen LogP contribution in [0.15, 0.2) is 36.5 Å². The Morgan fingerprint density at radius 2 is 2.18 bits per heavy atom. The van der Waals surface area contributed by atoms with Crippen molar-refractivity contribution in [3.05, 3.63) is 47.8 Å². The van der Waals surface area contributed by atoms with E-state index in [0.29, 0.717) is 0 Å². The molecule has 0 radical (unpaired) electrons. The number of benzene rings is 1. The normalized spacial score (nSPS) is 18.2. The molecular formula is C17H21N3O2. The number of aromatic amines is 1. The summed E-state index contributed by atoms with van der Waals surface area (Å²) in [6.45, 7) is 2.88. The Kier molecular flexibility index (Phi) is 4.42. The van der Waals surface area contributed by atoms with Gasteiger partial charge >= 0.3 is 0 Å². The molecule has 1 aliphatic rings. The maximum atomic E-state index is 12.6. The predicted octanol–water partition coefficient (Wildman–Crippen LogP) is 2.85. The molecule has 1 saturated heterocycles. The average molecular weight is 299 g/mol. The number of ether oxygens (including phenoxy) is 1. The largest absolute Gasteiger partial charge is 0.484 e. The predicted molar refractivity (Wildman–Crippen MR) is 83.6 cm³/mol. The Labute approximate surface area is 130 Å². The van der Waals surface area contributed by atoms with Crippen LogP contribution < -0.4 is 4.74 Å². The van der Waals surface area contributed by atoms with Gasteiger partial charge in [-0.05, 0) is 43.9 Å². The van der Waals surface area contributed by atoms with Crippen molar-refractivity contribution in [1.82, 2.24) is 15.1 Å². The molecule has 1 N–H and O–H groups in total. The number of rotatable bonds is 4. The van der Waals surface area contributed by atoms with Crippen LogP contribution in [0.4, 0.5) is 0 Å². The molecule has 116 valence electrons. The van der Waals surface area contributed by atoms with E-state index in [1.165, 1.54) is 0 Å². The molecule has 22 heavy (non-hydrogen) atoms. The Hall–Kier alpha value is -2.30. The lowest BCUT2D eigenvalue weighted by atomic mass is 9.97. The number of carbonyl (C=O) groups excluding carboxylic acids is 1. The maximum Gasteiger partial charge on any atom is 0.261 e. The first-order valence-corrected chi connectivity index (χ1v) is 7.73. The van der Waals surface area contributed by atoms with Crippen molar-refractivity contribution < 1.29 is 9.53 Å². The van der Waals surface area contributed by atoms with Crippen LogP contribution in [0, 0.1) is 6.92 Å². The third-order valence-corrected chi connectivity index (χ3v) is 4.13. The SMILES string of the molecule is Cc1cn[nH]c1[C@H]1CCCCN1C(=O)COc1ccccc1. The van der Waals surface area contributed by atoms with Crippen LogP contribution >= 0.6 is 0 Å². The quantitative estimate of drug-likeness (QED) is 0.944. The standard InChI is InChI=1S/C17H21N3O2/c1-13-11-18-19-17(13)15-9-5-6-10-20(15)16(21)12-22-14-7-3-2-4-8-14/h2-4,7-8,11,15H,5-6,9-10,12H2,1H3,(H,18,19)/t15-/m1/s1. The Morgan fingerprint density at radius 1 is 1.36 bits per heavy atom. The van der Waals surface area contributed by atoms with Gasteiger partial charge in [-0.2, -0.15) is 5.10 Å². The van der Waals surface area contributed by atoms with Gasteiger partial charge in [-0.1, -0.05) is 18.2 Å². The summed E-state index contributed by atoms with van der Waals surface area (Å²) in [5.74, 6) is 0.754. The Balaban J connectivity index is 1.68. The lowest BCUT2D eigenvalue weighted by Crippen LogP contribution is -2.41. The molecule has 1 fully saturated rings. The number of likely N-dealkylation sites (tertiary alicyclic amines) is 1. The van der Waals surface area contributed by atoms with Crippen LogP contribution in [0.1, 0.15) is 36.6 Å². The van der Waals surface area contributed by atoms with Crippen molar-refractivity contribution in [3.8, 4) is 5.75 Å². The summed E-state index contributed by atoms with van der Waals surface area (Å²) in [6.07, 6.45) is 4.96. The molecule has 0 aliphatic carbocycles. The number of amides is 1. The van der Waals surface area contributed by atoms with E-state index >= 15 is 0 Å². The van der Waals surface area contributed by atoms with Gasteiger partial charge in [0.15, 0.2) is 6.61 Å². The highest BCUT2D eigenvalue weighted by molar-refractivity contribution is 5.78. The molecule has 0 unspecified atom stereocenters. The summed E-state index contributed by atoms with van der Waals surface area (Å²) < 4.78 is 5.60. The van der Waals surface area contributed by atoms with E-state index in [9.17, 15) is 4.79 Å². The number of hydrogen-bond donors (Lipinski definition) is 1. The lowest BCUT2D eigenvalue weighted by molar-refractivity contribution is -0.137. The van der Waals surface area contributed by atoms with Gasteiger partial charge < -0.3 is 9.64 Å². The van der Waals surface area contributed by atoms with Gasteiger partial charge in [0.25, 0.3) is 5.91 Å². The number of aromatic nitrogens is 2. The van der Waals surface area contributed by atoms with Gasteiger partial charge in [-0.3, -0.25) is 9.89 Å². The fraction of sp³-hybridized carbons (Fsp3) is 0.412. The summed E-state index contributed by atoms with van der Waals surface area (Å²) in [4.78, 5) is 14.5. The first-order chi connectivity index (χ1) is 10.8. The first kappa shape index (κ1) is 14.6. The summed E-state index contributed by atoms with van der Waals surface area (Å²) in [6, 6.07) is 9.54. The van der Waals surface area contributed by atoms with Gasteiger partial charge in [0.2, 0.25) is 0 Å². The van der Waals surface area contributed by atoms with E-state index in [4.69, 9.17) is 4.74 Å². The number of H-pyrrole nitrogens is 1. The highest BCUT2D eigenvalue weighted by atomic mass is 16.5. The van der Waals surface area contributed by atoms with Crippen LogP contribution in [0.25, 0.3) is 0 Å². The minimum atomic E-state index is 0.0301. The molecule has 1 aromatic carbocycles. The van der Waals surface area contributed by atoms with E-state index in [0.717, 1.165) is 42.8 Å². The van der Waals surface area contributed by atoms with E-state index in [-0.39, 0.29) is 18.6 Å². The molecule has 1 atom stereocenters. The fourth-order valence-electron chi connectivity index (χ4n) is 2.97. The first-order valence-electron chi connectivity index (χ1n) is 7.73. The second-order valence-corrected chi connectivity index (χ2v) is 5.67. The Morgan fingerprint density at radius 3 is 2.91 bits per heavy atom. The molecule has 5 heteroatoms. The topological polar surface area (TPSA) is 58.2 Å². The van der Waals surface area contributed by atoms with E-state index in [1.54, 1.807) is 0 Å². The van der Waals surface area contributed by atoms with Crippen molar-refractivity contribution in [1.29, 1.82) is 0 Å². The number of para-hydroxylation sites is 1. The smallest absolute Gasteiger partial charge is 0.261 e. The molecular weight excluding hydrogens is 278 g/mol. The molecule has 0 saturated carbocycles. The van der Waals surface area contributed by atoms with Crippen molar-refractivity contribution >= 4 is 5.91 Å². The number of carbonyl (C=O) groups is 1. The van der Waals surface area contributed by atoms with E-state index < -0.39 is 0 Å². The minimum Gasteiger partial charge on any atom is -0.484 e. The van der Waals surface area contributed by atoms with Crippen LogP contribution in [0.3, 0.4) is 0 Å². The van der Waals surface area contributed by atoms with E-state index in [1.807, 2.05) is 48.4 Å². The zero-order valence-electron chi connectivity index (χ0n) is 12.8. The molecule has 5 nitrogen and oxygen atoms in total. The average Bonchev–Trinajstić information content (AvgIpc) is 2.99. The highest BCUT2D eigenvalue weighted by Gasteiger charge is 2.30. The van der Waals surface area contributed by atoms with Crippen molar-refractivity contribution in [2.45, 2.75) is 32.2 Å². The third-order valence-electron chi connectivity index (χ3n) is 4.13. The van der Waals surface area contributed by atoms with Gasteiger partial charge in [-0.25, -0.2) is 0 Å². The number of piperidine rings is 1. The molecule has 0 bridgehead atoms. The highest BCUT2D eigenvalue weighted by Crippen LogP contribution is 2.31. The molecule has 1 aliphatic heterocycles. The van der Waals surface area contributed by atoms with E-state index in [2.05, 4.69) is 10.2 Å². The van der Waals surface area contributed by atoms with Gasteiger partial charge in [-0.15, -0.1) is 0 Å². The van der Waals surface area contributed by atoms with Gasteiger partial charge in [0.05, 0.1) is 17.9 Å². The van der Waals surface area contributed by atoms with Crippen LogP contribution in [-0.4, -0.2) is 34.2 Å². The summed E-state index contributed by atoms with van der Waals surface area (Å²) in [5.41, 5.74) is 2.15. The van der Waals surface area contributed by atoms with Crippen molar-refractivity contribution in [2.24, 2.45) is 0 Å². The number of aryl methyl sites for hydroxylation is 1. The maximum absolute atomic E-state index is 12.6. The molecule has 2 aromatic rings. The molecule has 2 heterocycles. The number of nitrogens with zero attached hydrogens (tertiary/aromatic N) is 2. The monoisotopic (exact) mass is 299 g/mol.